The quantitative estimate of drug-likeness (QED) is 0.495. The molecule has 0 bridgehead atoms. The zero-order valence-electron chi connectivity index (χ0n) is 16.7. The maximum Gasteiger partial charge on any atom is 0.273 e. The number of thioether (sulfide) groups is 1. The standard InChI is InChI=1S/C20H23N5O2S2/c1-12-7-6-8-13(2)15(12)21-14(26)11-28-19-22-17-16(18(27)24(19)3)29-20(23-17)25-9-4-5-10-25/h6-8H,4-5,9-11H2,1-3H3,(H,21,26). The lowest BCUT2D eigenvalue weighted by molar-refractivity contribution is -0.113. The Balaban J connectivity index is 1.52. The molecule has 0 aliphatic carbocycles. The first-order valence-electron chi connectivity index (χ1n) is 9.55. The second-order valence-corrected chi connectivity index (χ2v) is 9.13. The van der Waals surface area contributed by atoms with Crippen molar-refractivity contribution in [3.8, 4) is 0 Å². The van der Waals surface area contributed by atoms with E-state index in [0.717, 1.165) is 47.9 Å². The molecule has 1 amide bonds. The fourth-order valence-corrected chi connectivity index (χ4v) is 5.20. The first-order chi connectivity index (χ1) is 13.9. The number of nitrogens with zero attached hydrogens (tertiary/aromatic N) is 4. The van der Waals surface area contributed by atoms with Crippen LogP contribution in [0.2, 0.25) is 0 Å². The topological polar surface area (TPSA) is 80.1 Å². The van der Waals surface area contributed by atoms with Crippen LogP contribution in [0.4, 0.5) is 10.8 Å². The Labute approximate surface area is 177 Å². The molecule has 0 atom stereocenters. The minimum atomic E-state index is -0.127. The maximum absolute atomic E-state index is 12.8. The fourth-order valence-electron chi connectivity index (χ4n) is 3.41. The van der Waals surface area contributed by atoms with E-state index in [1.165, 1.54) is 27.7 Å². The highest BCUT2D eigenvalue weighted by atomic mass is 32.2. The molecule has 0 saturated carbocycles. The van der Waals surface area contributed by atoms with Crippen LogP contribution in [-0.2, 0) is 11.8 Å². The number of rotatable bonds is 5. The number of para-hydroxylation sites is 1. The summed E-state index contributed by atoms with van der Waals surface area (Å²) in [5.41, 5.74) is 3.23. The summed E-state index contributed by atoms with van der Waals surface area (Å²) in [7, 11) is 1.69. The number of anilines is 2. The van der Waals surface area contributed by atoms with E-state index in [1.54, 1.807) is 7.05 Å². The number of hydrogen-bond acceptors (Lipinski definition) is 7. The summed E-state index contributed by atoms with van der Waals surface area (Å²) < 4.78 is 2.07. The number of benzene rings is 1. The third-order valence-corrected chi connectivity index (χ3v) is 7.16. The number of aromatic nitrogens is 3. The largest absolute Gasteiger partial charge is 0.348 e. The summed E-state index contributed by atoms with van der Waals surface area (Å²) in [6.07, 6.45) is 2.30. The van der Waals surface area contributed by atoms with Crippen molar-refractivity contribution in [2.24, 2.45) is 7.05 Å². The third kappa shape index (κ3) is 4.02. The van der Waals surface area contributed by atoms with E-state index in [-0.39, 0.29) is 17.2 Å². The molecular weight excluding hydrogens is 406 g/mol. The summed E-state index contributed by atoms with van der Waals surface area (Å²) in [4.78, 5) is 36.6. The summed E-state index contributed by atoms with van der Waals surface area (Å²) in [6, 6.07) is 5.90. The van der Waals surface area contributed by atoms with Gasteiger partial charge in [0, 0.05) is 25.8 Å². The van der Waals surface area contributed by atoms with Gasteiger partial charge in [0.05, 0.1) is 5.75 Å². The van der Waals surface area contributed by atoms with Crippen molar-refractivity contribution in [2.75, 3.05) is 29.1 Å². The molecule has 1 aliphatic heterocycles. The molecule has 152 valence electrons. The molecule has 2 aromatic heterocycles. The molecule has 3 heterocycles. The third-order valence-electron chi connectivity index (χ3n) is 5.04. The Kier molecular flexibility index (Phi) is 5.60. The van der Waals surface area contributed by atoms with Gasteiger partial charge in [0.15, 0.2) is 15.9 Å². The number of fused-ring (bicyclic) bond motifs is 1. The van der Waals surface area contributed by atoms with Gasteiger partial charge in [0.25, 0.3) is 5.56 Å². The van der Waals surface area contributed by atoms with Crippen LogP contribution >= 0.6 is 23.1 Å². The van der Waals surface area contributed by atoms with Crippen LogP contribution in [0.3, 0.4) is 0 Å². The zero-order chi connectivity index (χ0) is 20.5. The Morgan fingerprint density at radius 3 is 2.59 bits per heavy atom. The zero-order valence-corrected chi connectivity index (χ0v) is 18.3. The van der Waals surface area contributed by atoms with Crippen LogP contribution in [0.15, 0.2) is 28.2 Å². The molecule has 1 aromatic carbocycles. The van der Waals surface area contributed by atoms with Gasteiger partial charge in [-0.1, -0.05) is 41.3 Å². The van der Waals surface area contributed by atoms with E-state index in [1.807, 2.05) is 32.0 Å². The molecule has 1 saturated heterocycles. The molecule has 9 heteroatoms. The molecule has 3 aromatic rings. The fraction of sp³-hybridized carbons (Fsp3) is 0.400. The summed E-state index contributed by atoms with van der Waals surface area (Å²) in [5.74, 6) is 0.0423. The van der Waals surface area contributed by atoms with Crippen LogP contribution in [0.5, 0.6) is 0 Å². The van der Waals surface area contributed by atoms with Crippen molar-refractivity contribution in [1.29, 1.82) is 0 Å². The van der Waals surface area contributed by atoms with Crippen molar-refractivity contribution in [1.82, 2.24) is 14.5 Å². The van der Waals surface area contributed by atoms with Gasteiger partial charge in [-0.3, -0.25) is 14.2 Å². The number of thiazole rings is 1. The van der Waals surface area contributed by atoms with E-state index in [4.69, 9.17) is 0 Å². The molecule has 4 rings (SSSR count). The number of carbonyl (C=O) groups is 1. The van der Waals surface area contributed by atoms with E-state index < -0.39 is 0 Å². The highest BCUT2D eigenvalue weighted by Crippen LogP contribution is 2.29. The normalized spacial score (nSPS) is 14.0. The molecule has 1 aliphatic rings. The van der Waals surface area contributed by atoms with E-state index in [9.17, 15) is 9.59 Å². The van der Waals surface area contributed by atoms with E-state index in [0.29, 0.717) is 15.5 Å². The van der Waals surface area contributed by atoms with Gasteiger partial charge in [-0.05, 0) is 37.8 Å². The van der Waals surface area contributed by atoms with Gasteiger partial charge in [-0.15, -0.1) is 0 Å². The SMILES string of the molecule is Cc1cccc(C)c1NC(=O)CSc1nc2nc(N3CCCC3)sc2c(=O)n1C. The van der Waals surface area contributed by atoms with Crippen molar-refractivity contribution in [2.45, 2.75) is 31.8 Å². The lowest BCUT2D eigenvalue weighted by Crippen LogP contribution is -2.21. The molecule has 29 heavy (non-hydrogen) atoms. The predicted molar refractivity (Wildman–Crippen MR) is 119 cm³/mol. The summed E-state index contributed by atoms with van der Waals surface area (Å²) >= 11 is 2.65. The van der Waals surface area contributed by atoms with Crippen LogP contribution in [0.25, 0.3) is 10.3 Å². The molecule has 0 radical (unpaired) electrons. The monoisotopic (exact) mass is 429 g/mol. The van der Waals surface area contributed by atoms with Crippen molar-refractivity contribution < 1.29 is 4.79 Å². The Hall–Kier alpha value is -2.39. The predicted octanol–water partition coefficient (Wildman–Crippen LogP) is 3.34. The van der Waals surface area contributed by atoms with Crippen molar-refractivity contribution in [3.63, 3.8) is 0 Å². The van der Waals surface area contributed by atoms with Gasteiger partial charge in [0.2, 0.25) is 5.91 Å². The van der Waals surface area contributed by atoms with E-state index >= 15 is 0 Å². The molecule has 1 N–H and O–H groups in total. The number of hydrogen-bond donors (Lipinski definition) is 1. The van der Waals surface area contributed by atoms with Gasteiger partial charge in [-0.25, -0.2) is 4.98 Å². The molecule has 0 unspecified atom stereocenters. The average molecular weight is 430 g/mol. The lowest BCUT2D eigenvalue weighted by atomic mass is 10.1. The second kappa shape index (κ2) is 8.16. The smallest absolute Gasteiger partial charge is 0.273 e. The molecule has 7 nitrogen and oxygen atoms in total. The van der Waals surface area contributed by atoms with Crippen LogP contribution < -0.4 is 15.8 Å². The van der Waals surface area contributed by atoms with Crippen molar-refractivity contribution >= 4 is 50.2 Å². The van der Waals surface area contributed by atoms with Gasteiger partial charge < -0.3 is 10.2 Å². The summed E-state index contributed by atoms with van der Waals surface area (Å²) in [5, 5.41) is 4.32. The van der Waals surface area contributed by atoms with Crippen LogP contribution in [0.1, 0.15) is 24.0 Å². The van der Waals surface area contributed by atoms with Gasteiger partial charge in [0.1, 0.15) is 4.70 Å². The van der Waals surface area contributed by atoms with Crippen molar-refractivity contribution in [3.05, 3.63) is 39.7 Å². The average Bonchev–Trinajstić information content (AvgIpc) is 3.36. The molecule has 1 fully saturated rings. The minimum Gasteiger partial charge on any atom is -0.348 e. The van der Waals surface area contributed by atoms with Gasteiger partial charge in [-0.2, -0.15) is 4.98 Å². The lowest BCUT2D eigenvalue weighted by Gasteiger charge is -2.11. The van der Waals surface area contributed by atoms with E-state index in [2.05, 4.69) is 20.2 Å². The Morgan fingerprint density at radius 2 is 1.90 bits per heavy atom. The highest BCUT2D eigenvalue weighted by Gasteiger charge is 2.20. The minimum absolute atomic E-state index is 0.115. The number of carbonyl (C=O) groups excluding carboxylic acids is 1. The molecule has 0 spiro atoms. The van der Waals surface area contributed by atoms with Gasteiger partial charge >= 0.3 is 0 Å². The summed E-state index contributed by atoms with van der Waals surface area (Å²) in [6.45, 7) is 5.88. The highest BCUT2D eigenvalue weighted by molar-refractivity contribution is 7.99. The number of aryl methyl sites for hydroxylation is 2. The maximum atomic E-state index is 12.8. The van der Waals surface area contributed by atoms with Crippen LogP contribution in [-0.4, -0.2) is 39.3 Å². The number of amides is 1. The Morgan fingerprint density at radius 1 is 1.21 bits per heavy atom. The Bertz CT molecular complexity index is 1110. The number of nitrogens with one attached hydrogen (secondary N) is 1. The molecular formula is C20H23N5O2S2. The first-order valence-corrected chi connectivity index (χ1v) is 11.4. The second-order valence-electron chi connectivity index (χ2n) is 7.21. The first kappa shape index (κ1) is 19.9. The van der Waals surface area contributed by atoms with Crippen LogP contribution in [0, 0.1) is 13.8 Å².